The fourth-order valence-electron chi connectivity index (χ4n) is 6.33. The fourth-order valence-corrected chi connectivity index (χ4v) is 7.43. The van der Waals surface area contributed by atoms with Gasteiger partial charge >= 0.3 is 0 Å². The maximum Gasteiger partial charge on any atom is 0.145 e. The Balaban J connectivity index is 1.37. The number of hydrogen-bond acceptors (Lipinski definition) is 8. The van der Waals surface area contributed by atoms with E-state index in [4.69, 9.17) is 32.4 Å². The van der Waals surface area contributed by atoms with Crippen molar-refractivity contribution in [1.82, 2.24) is 24.7 Å². The van der Waals surface area contributed by atoms with Crippen LogP contribution in [0.5, 0.6) is 0 Å². The minimum absolute atomic E-state index is 0.207. The molecule has 1 aliphatic heterocycles. The number of halogens is 1. The average Bonchev–Trinajstić information content (AvgIpc) is 3.46. The number of nitrogens with zero attached hydrogens (tertiary/aromatic N) is 7. The van der Waals surface area contributed by atoms with Crippen LogP contribution in [-0.4, -0.2) is 31.3 Å². The van der Waals surface area contributed by atoms with Crippen LogP contribution < -0.4 is 10.6 Å². The number of aromatic nitrogens is 5. The van der Waals surface area contributed by atoms with E-state index in [0.717, 1.165) is 102 Å². The molecule has 0 amide bonds. The van der Waals surface area contributed by atoms with Crippen LogP contribution >= 0.6 is 22.9 Å². The molecule has 4 aromatic rings. The summed E-state index contributed by atoms with van der Waals surface area (Å²) in [6.45, 7) is 8.64. The van der Waals surface area contributed by atoms with Crippen molar-refractivity contribution in [2.45, 2.75) is 84.7 Å². The Labute approximate surface area is 250 Å². The van der Waals surface area contributed by atoms with E-state index in [9.17, 15) is 5.26 Å². The normalized spacial score (nSPS) is 16.7. The van der Waals surface area contributed by atoms with Gasteiger partial charge in [0.25, 0.3) is 0 Å². The second-order valence-electron chi connectivity index (χ2n) is 11.0. The van der Waals surface area contributed by atoms with Crippen LogP contribution in [0.3, 0.4) is 0 Å². The quantitative estimate of drug-likeness (QED) is 0.260. The molecule has 6 rings (SSSR count). The lowest BCUT2D eigenvalue weighted by molar-refractivity contribution is 0.557. The van der Waals surface area contributed by atoms with E-state index < -0.39 is 0 Å². The summed E-state index contributed by atoms with van der Waals surface area (Å²) < 4.78 is 2.05. The molecule has 0 fully saturated rings. The number of benzene rings is 1. The maximum atomic E-state index is 10.0. The van der Waals surface area contributed by atoms with Gasteiger partial charge in [0, 0.05) is 41.8 Å². The molecule has 1 atom stereocenters. The van der Waals surface area contributed by atoms with Crippen molar-refractivity contribution in [1.29, 1.82) is 5.26 Å². The van der Waals surface area contributed by atoms with Gasteiger partial charge < -0.3 is 10.6 Å². The lowest BCUT2D eigenvalue weighted by atomic mass is 9.78. The Hall–Kier alpha value is -3.48. The SMILES string of the molecule is CCCc1ccc(N)c(C#N)c1C1CCc2c(nc(CC)nc2N2CCCn3nc(-c4ncc(C)s4)c(Cl)c3C2)C1. The molecule has 8 nitrogen and oxygen atoms in total. The van der Waals surface area contributed by atoms with E-state index in [1.807, 2.05) is 19.2 Å². The molecule has 3 aromatic heterocycles. The number of nitriles is 1. The highest BCUT2D eigenvalue weighted by atomic mass is 35.5. The number of nitrogens with two attached hydrogens (primary N) is 1. The number of thiazole rings is 1. The predicted octanol–water partition coefficient (Wildman–Crippen LogP) is 6.41. The van der Waals surface area contributed by atoms with E-state index in [1.165, 1.54) is 11.1 Å². The molecule has 4 heterocycles. The first kappa shape index (κ1) is 27.7. The first-order chi connectivity index (χ1) is 19.9. The third-order valence-electron chi connectivity index (χ3n) is 8.28. The zero-order valence-corrected chi connectivity index (χ0v) is 25.4. The molecule has 212 valence electrons. The van der Waals surface area contributed by atoms with E-state index in [1.54, 1.807) is 11.3 Å². The lowest BCUT2D eigenvalue weighted by Gasteiger charge is -2.31. The second-order valence-corrected chi connectivity index (χ2v) is 12.6. The molecule has 0 saturated carbocycles. The topological polar surface area (TPSA) is 110 Å². The first-order valence-corrected chi connectivity index (χ1v) is 15.7. The summed E-state index contributed by atoms with van der Waals surface area (Å²) in [5, 5.41) is 16.4. The summed E-state index contributed by atoms with van der Waals surface area (Å²) in [5.74, 6) is 2.08. The van der Waals surface area contributed by atoms with Crippen molar-refractivity contribution >= 4 is 34.4 Å². The lowest BCUT2D eigenvalue weighted by Crippen LogP contribution is -2.28. The molecule has 0 spiro atoms. The van der Waals surface area contributed by atoms with E-state index in [0.29, 0.717) is 22.8 Å². The van der Waals surface area contributed by atoms with Gasteiger partial charge in [0.05, 0.1) is 28.5 Å². The number of nitrogen functional groups attached to an aromatic ring is 1. The van der Waals surface area contributed by atoms with Gasteiger partial charge in [-0.05, 0) is 62.1 Å². The monoisotopic (exact) mass is 586 g/mol. The van der Waals surface area contributed by atoms with Gasteiger partial charge in [0.15, 0.2) is 0 Å². The van der Waals surface area contributed by atoms with Gasteiger partial charge in [-0.25, -0.2) is 15.0 Å². The van der Waals surface area contributed by atoms with Crippen LogP contribution in [0.15, 0.2) is 18.3 Å². The summed E-state index contributed by atoms with van der Waals surface area (Å²) in [6, 6.07) is 6.41. The second kappa shape index (κ2) is 11.4. The molecule has 0 saturated heterocycles. The van der Waals surface area contributed by atoms with Crippen molar-refractivity contribution in [3.8, 4) is 16.8 Å². The maximum absolute atomic E-state index is 10.0. The molecule has 41 heavy (non-hydrogen) atoms. The molecule has 2 N–H and O–H groups in total. The Morgan fingerprint density at radius 2 is 2.07 bits per heavy atom. The Morgan fingerprint density at radius 1 is 1.22 bits per heavy atom. The zero-order valence-electron chi connectivity index (χ0n) is 23.9. The van der Waals surface area contributed by atoms with Gasteiger partial charge in [-0.2, -0.15) is 10.4 Å². The highest BCUT2D eigenvalue weighted by Crippen LogP contribution is 2.41. The zero-order chi connectivity index (χ0) is 28.7. The highest BCUT2D eigenvalue weighted by molar-refractivity contribution is 7.15. The number of rotatable bonds is 6. The van der Waals surface area contributed by atoms with Crippen LogP contribution in [-0.2, 0) is 38.8 Å². The van der Waals surface area contributed by atoms with Crippen molar-refractivity contribution in [2.24, 2.45) is 0 Å². The van der Waals surface area contributed by atoms with Crippen molar-refractivity contribution in [3.05, 3.63) is 67.7 Å². The third kappa shape index (κ3) is 5.08. The summed E-state index contributed by atoms with van der Waals surface area (Å²) in [5.41, 5.74) is 13.9. The van der Waals surface area contributed by atoms with E-state index >= 15 is 0 Å². The van der Waals surface area contributed by atoms with Crippen molar-refractivity contribution in [3.63, 3.8) is 0 Å². The molecule has 0 radical (unpaired) electrons. The summed E-state index contributed by atoms with van der Waals surface area (Å²) >= 11 is 8.59. The van der Waals surface area contributed by atoms with Crippen molar-refractivity contribution < 1.29 is 0 Å². The molecular formula is C31H35ClN8S. The fraction of sp³-hybridized carbons (Fsp3) is 0.452. The molecule has 1 unspecified atom stereocenters. The van der Waals surface area contributed by atoms with Crippen LogP contribution in [0.1, 0.15) is 83.4 Å². The van der Waals surface area contributed by atoms with E-state index in [2.05, 4.69) is 40.5 Å². The average molecular weight is 587 g/mol. The third-order valence-corrected chi connectivity index (χ3v) is 9.60. The predicted molar refractivity (Wildman–Crippen MR) is 164 cm³/mol. The highest BCUT2D eigenvalue weighted by Gasteiger charge is 2.32. The number of aryl methyl sites for hydroxylation is 4. The first-order valence-electron chi connectivity index (χ1n) is 14.5. The summed E-state index contributed by atoms with van der Waals surface area (Å²) in [7, 11) is 0. The minimum Gasteiger partial charge on any atom is -0.398 e. The standard InChI is InChI=1S/C31H35ClN8S/c1-4-7-19-9-11-23(34)22(15-33)27(19)20-8-10-21-24(14-20)36-26(5-2)37-30(21)39-12-6-13-40-25(17-39)28(32)29(38-40)31-35-16-18(3)41-31/h9,11,16,20H,4-8,10,12-14,17,34H2,1-3H3. The minimum atomic E-state index is 0.207. The largest absolute Gasteiger partial charge is 0.398 e. The Bertz CT molecular complexity index is 1650. The van der Waals surface area contributed by atoms with Gasteiger partial charge in [0.2, 0.25) is 0 Å². The molecule has 1 aliphatic carbocycles. The molecule has 2 aliphatic rings. The van der Waals surface area contributed by atoms with Gasteiger partial charge in [-0.3, -0.25) is 4.68 Å². The van der Waals surface area contributed by atoms with Crippen LogP contribution in [0.4, 0.5) is 11.5 Å². The van der Waals surface area contributed by atoms with Gasteiger partial charge in [-0.15, -0.1) is 11.3 Å². The Morgan fingerprint density at radius 3 is 2.80 bits per heavy atom. The van der Waals surface area contributed by atoms with Gasteiger partial charge in [-0.1, -0.05) is 37.9 Å². The van der Waals surface area contributed by atoms with Crippen molar-refractivity contribution in [2.75, 3.05) is 17.2 Å². The number of hydrogen-bond donors (Lipinski definition) is 1. The van der Waals surface area contributed by atoms with Crippen LogP contribution in [0.2, 0.25) is 5.02 Å². The van der Waals surface area contributed by atoms with E-state index in [-0.39, 0.29) is 5.92 Å². The smallest absolute Gasteiger partial charge is 0.145 e. The molecule has 10 heteroatoms. The molecular weight excluding hydrogens is 552 g/mol. The molecule has 0 bridgehead atoms. The summed E-state index contributed by atoms with van der Waals surface area (Å²) in [6.07, 6.45) is 8.11. The van der Waals surface area contributed by atoms with Gasteiger partial charge in [0.1, 0.15) is 28.4 Å². The number of fused-ring (bicyclic) bond motifs is 2. The Kier molecular flexibility index (Phi) is 7.71. The molecule has 1 aromatic carbocycles. The number of anilines is 2. The summed E-state index contributed by atoms with van der Waals surface area (Å²) in [4.78, 5) is 18.2. The van der Waals surface area contributed by atoms with Crippen LogP contribution in [0.25, 0.3) is 10.7 Å². The van der Waals surface area contributed by atoms with Crippen LogP contribution in [0, 0.1) is 18.3 Å².